The molecule has 0 unspecified atom stereocenters. The molecule has 0 bridgehead atoms. The van der Waals surface area contributed by atoms with E-state index in [1.54, 1.807) is 6.07 Å². The van der Waals surface area contributed by atoms with Crippen molar-refractivity contribution in [1.82, 2.24) is 0 Å². The Morgan fingerprint density at radius 3 is 2.70 bits per heavy atom. The molecule has 1 N–H and O–H groups in total. The van der Waals surface area contributed by atoms with Crippen molar-refractivity contribution >= 4 is 38.9 Å². The minimum absolute atomic E-state index is 0.0621. The third kappa shape index (κ3) is 3.11. The third-order valence-corrected chi connectivity index (χ3v) is 4.32. The smallest absolute Gasteiger partial charge is 0.283 e. The highest BCUT2D eigenvalue weighted by atomic mass is 79.9. The number of nitrogens with zero attached hydrogens (tertiary/aromatic N) is 1. The predicted molar refractivity (Wildman–Crippen MR) is 84.3 cm³/mol. The zero-order valence-electron chi connectivity index (χ0n) is 10.7. The summed E-state index contributed by atoms with van der Waals surface area (Å²) >= 11 is 9.34. The minimum Gasteiger partial charge on any atom is -0.381 e. The normalized spacial score (nSPS) is 10.3. The lowest BCUT2D eigenvalue weighted by atomic mass is 10.1. The molecule has 0 saturated carbocycles. The van der Waals surface area contributed by atoms with Crippen LogP contribution in [-0.2, 0) is 6.54 Å². The van der Waals surface area contributed by atoms with E-state index in [1.807, 2.05) is 31.2 Å². The van der Waals surface area contributed by atoms with E-state index < -0.39 is 4.92 Å². The Labute approximate surface area is 130 Å². The maximum atomic E-state index is 10.9. The van der Waals surface area contributed by atoms with Crippen LogP contribution in [0.15, 0.2) is 40.9 Å². The molecule has 4 nitrogen and oxygen atoms in total. The summed E-state index contributed by atoms with van der Waals surface area (Å²) in [5.41, 5.74) is 2.75. The van der Waals surface area contributed by atoms with Gasteiger partial charge in [0, 0.05) is 23.3 Å². The van der Waals surface area contributed by atoms with E-state index in [2.05, 4.69) is 21.2 Å². The third-order valence-electron chi connectivity index (χ3n) is 2.99. The Morgan fingerprint density at radius 2 is 2.00 bits per heavy atom. The van der Waals surface area contributed by atoms with Crippen LogP contribution in [0.25, 0.3) is 0 Å². The molecule has 0 spiro atoms. The molecule has 0 aliphatic rings. The lowest BCUT2D eigenvalue weighted by Crippen LogP contribution is -2.03. The van der Waals surface area contributed by atoms with Gasteiger partial charge in [-0.1, -0.05) is 29.8 Å². The van der Waals surface area contributed by atoms with E-state index in [-0.39, 0.29) is 5.69 Å². The van der Waals surface area contributed by atoms with Crippen molar-refractivity contribution in [3.8, 4) is 0 Å². The van der Waals surface area contributed by atoms with Gasteiger partial charge in [-0.3, -0.25) is 10.1 Å². The number of hydrogen-bond acceptors (Lipinski definition) is 3. The highest BCUT2D eigenvalue weighted by Gasteiger charge is 2.14. The lowest BCUT2D eigenvalue weighted by molar-refractivity contribution is -0.385. The summed E-state index contributed by atoms with van der Waals surface area (Å²) in [6.07, 6.45) is 0. The van der Waals surface area contributed by atoms with Crippen LogP contribution in [0.5, 0.6) is 0 Å². The summed E-state index contributed by atoms with van der Waals surface area (Å²) in [6, 6.07) is 10.6. The van der Waals surface area contributed by atoms with Crippen LogP contribution in [0.2, 0.25) is 5.02 Å². The van der Waals surface area contributed by atoms with Gasteiger partial charge in [0.05, 0.1) is 4.92 Å². The molecule has 0 aliphatic heterocycles. The monoisotopic (exact) mass is 354 g/mol. The van der Waals surface area contributed by atoms with Gasteiger partial charge in [-0.2, -0.15) is 0 Å². The van der Waals surface area contributed by atoms with Crippen LogP contribution in [0, 0.1) is 17.0 Å². The second kappa shape index (κ2) is 6.24. The maximum Gasteiger partial charge on any atom is 0.283 e. The quantitative estimate of drug-likeness (QED) is 0.625. The minimum atomic E-state index is -0.405. The molecule has 20 heavy (non-hydrogen) atoms. The highest BCUT2D eigenvalue weighted by molar-refractivity contribution is 9.10. The van der Waals surface area contributed by atoms with Gasteiger partial charge in [0.15, 0.2) is 0 Å². The Kier molecular flexibility index (Phi) is 4.62. The van der Waals surface area contributed by atoms with Crippen LogP contribution >= 0.6 is 27.5 Å². The average Bonchev–Trinajstić information content (AvgIpc) is 2.41. The molecule has 0 atom stereocenters. The molecule has 2 rings (SSSR count). The van der Waals surface area contributed by atoms with Crippen LogP contribution in [-0.4, -0.2) is 4.92 Å². The van der Waals surface area contributed by atoms with Crippen molar-refractivity contribution in [2.75, 3.05) is 5.32 Å². The summed E-state index contributed by atoms with van der Waals surface area (Å²) in [6.45, 7) is 2.40. The number of benzene rings is 2. The Balaban J connectivity index is 2.21. The summed E-state index contributed by atoms with van der Waals surface area (Å²) in [4.78, 5) is 10.5. The van der Waals surface area contributed by atoms with Crippen LogP contribution in [0.1, 0.15) is 11.1 Å². The number of halogens is 2. The fourth-order valence-corrected chi connectivity index (χ4v) is 2.56. The van der Waals surface area contributed by atoms with Crippen molar-refractivity contribution in [3.05, 3.63) is 67.1 Å². The molecule has 0 amide bonds. The summed E-state index contributed by atoms with van der Waals surface area (Å²) in [7, 11) is 0. The number of nitrogens with one attached hydrogen (secondary N) is 1. The van der Waals surface area contributed by atoms with Gasteiger partial charge in [0.1, 0.15) is 4.47 Å². The zero-order valence-corrected chi connectivity index (χ0v) is 13.0. The topological polar surface area (TPSA) is 55.2 Å². The number of rotatable bonds is 4. The van der Waals surface area contributed by atoms with Crippen LogP contribution in [0.3, 0.4) is 0 Å². The number of nitro groups is 1. The van der Waals surface area contributed by atoms with Crippen LogP contribution < -0.4 is 5.32 Å². The zero-order chi connectivity index (χ0) is 14.7. The predicted octanol–water partition coefficient (Wildman–Crippen LogP) is 4.93. The molecule has 104 valence electrons. The molecular formula is C14H12BrClN2O2. The molecule has 2 aromatic rings. The molecule has 2 aromatic carbocycles. The van der Waals surface area contributed by atoms with E-state index in [9.17, 15) is 10.1 Å². The standard InChI is InChI=1S/C14H12BrClN2O2/c1-9-11(16)5-3-6-12(9)17-8-10-4-2-7-13(14(10)15)18(19)20/h2-7,17H,8H2,1H3. The van der Waals surface area contributed by atoms with E-state index in [4.69, 9.17) is 11.6 Å². The molecule has 0 fully saturated rings. The van der Waals surface area contributed by atoms with Crippen molar-refractivity contribution in [1.29, 1.82) is 0 Å². The molecule has 0 heterocycles. The molecule has 0 aliphatic carbocycles. The van der Waals surface area contributed by atoms with Gasteiger partial charge < -0.3 is 5.32 Å². The Morgan fingerprint density at radius 1 is 1.30 bits per heavy atom. The van der Waals surface area contributed by atoms with Crippen molar-refractivity contribution < 1.29 is 4.92 Å². The van der Waals surface area contributed by atoms with Gasteiger partial charge in [0.2, 0.25) is 0 Å². The first kappa shape index (κ1) is 14.8. The van der Waals surface area contributed by atoms with E-state index in [1.165, 1.54) is 6.07 Å². The first-order valence-electron chi connectivity index (χ1n) is 5.91. The molecule has 0 saturated heterocycles. The first-order valence-corrected chi connectivity index (χ1v) is 7.08. The summed E-state index contributed by atoms with van der Waals surface area (Å²) in [5.74, 6) is 0. The fourth-order valence-electron chi connectivity index (χ4n) is 1.83. The van der Waals surface area contributed by atoms with Crippen molar-refractivity contribution in [3.63, 3.8) is 0 Å². The number of nitro benzene ring substituents is 1. The van der Waals surface area contributed by atoms with E-state index >= 15 is 0 Å². The van der Waals surface area contributed by atoms with E-state index in [0.29, 0.717) is 16.0 Å². The highest BCUT2D eigenvalue weighted by Crippen LogP contribution is 2.29. The van der Waals surface area contributed by atoms with Gasteiger partial charge in [0.25, 0.3) is 5.69 Å². The Hall–Kier alpha value is -1.59. The van der Waals surface area contributed by atoms with Crippen LogP contribution in [0.4, 0.5) is 11.4 Å². The van der Waals surface area contributed by atoms with Crippen molar-refractivity contribution in [2.24, 2.45) is 0 Å². The van der Waals surface area contributed by atoms with Gasteiger partial charge in [-0.05, 0) is 46.1 Å². The number of hydrogen-bond donors (Lipinski definition) is 1. The summed E-state index contributed by atoms with van der Waals surface area (Å²) < 4.78 is 0.497. The first-order chi connectivity index (χ1) is 9.50. The molecule has 0 radical (unpaired) electrons. The maximum absolute atomic E-state index is 10.9. The number of anilines is 1. The lowest BCUT2D eigenvalue weighted by Gasteiger charge is -2.11. The van der Waals surface area contributed by atoms with Gasteiger partial charge >= 0.3 is 0 Å². The SMILES string of the molecule is Cc1c(Cl)cccc1NCc1cccc([N+](=O)[O-])c1Br. The average molecular weight is 356 g/mol. The fraction of sp³-hybridized carbons (Fsp3) is 0.143. The van der Waals surface area contributed by atoms with Crippen molar-refractivity contribution in [2.45, 2.75) is 13.5 Å². The van der Waals surface area contributed by atoms with E-state index in [0.717, 1.165) is 16.8 Å². The Bertz CT molecular complexity index is 662. The molecule has 6 heteroatoms. The second-order valence-corrected chi connectivity index (χ2v) is 5.47. The van der Waals surface area contributed by atoms with Gasteiger partial charge in [-0.25, -0.2) is 0 Å². The van der Waals surface area contributed by atoms with Gasteiger partial charge in [-0.15, -0.1) is 0 Å². The summed E-state index contributed by atoms with van der Waals surface area (Å²) in [5, 5.41) is 14.8. The largest absolute Gasteiger partial charge is 0.381 e. The molecular weight excluding hydrogens is 344 g/mol. The second-order valence-electron chi connectivity index (χ2n) is 4.27. The molecule has 0 aromatic heterocycles.